The van der Waals surface area contributed by atoms with Crippen LogP contribution in [-0.4, -0.2) is 19.7 Å². The number of hydrogen-bond donors (Lipinski definition) is 0. The van der Waals surface area contributed by atoms with Gasteiger partial charge in [0.2, 0.25) is 5.13 Å². The van der Waals surface area contributed by atoms with E-state index >= 15 is 0 Å². The lowest BCUT2D eigenvalue weighted by atomic mass is 10.2. The minimum absolute atomic E-state index is 0.163. The van der Waals surface area contributed by atoms with Crippen LogP contribution in [0.25, 0.3) is 27.4 Å². The van der Waals surface area contributed by atoms with Gasteiger partial charge in [-0.15, -0.1) is 10.2 Å². The van der Waals surface area contributed by atoms with Crippen molar-refractivity contribution >= 4 is 33.8 Å². The summed E-state index contributed by atoms with van der Waals surface area (Å²) >= 11 is 7.57. The highest BCUT2D eigenvalue weighted by Gasteiger charge is 2.28. The molecule has 4 aromatic rings. The SMILES string of the molecule is O=c1c2ccc(Cl)cc2nc(-c2ccccc2)n1-c1nnc(C2CC2)s1. The Morgan fingerprint density at radius 3 is 2.65 bits per heavy atom. The van der Waals surface area contributed by atoms with Gasteiger partial charge in [-0.1, -0.05) is 53.3 Å². The van der Waals surface area contributed by atoms with E-state index in [1.54, 1.807) is 22.8 Å². The lowest BCUT2D eigenvalue weighted by Crippen LogP contribution is -2.21. The summed E-state index contributed by atoms with van der Waals surface area (Å²) in [5, 5.41) is 11.2. The number of nitrogens with zero attached hydrogens (tertiary/aromatic N) is 4. The fourth-order valence-electron chi connectivity index (χ4n) is 2.93. The molecule has 0 spiro atoms. The van der Waals surface area contributed by atoms with Crippen LogP contribution in [0, 0.1) is 0 Å². The molecule has 2 aromatic carbocycles. The molecule has 0 bridgehead atoms. The van der Waals surface area contributed by atoms with Gasteiger partial charge in [-0.05, 0) is 31.0 Å². The number of rotatable bonds is 3. The van der Waals surface area contributed by atoms with Gasteiger partial charge >= 0.3 is 0 Å². The summed E-state index contributed by atoms with van der Waals surface area (Å²) in [6.07, 6.45) is 2.28. The fraction of sp³-hybridized carbons (Fsp3) is 0.158. The molecule has 0 amide bonds. The molecule has 0 N–H and O–H groups in total. The van der Waals surface area contributed by atoms with Gasteiger partial charge in [0.1, 0.15) is 10.8 Å². The highest BCUT2D eigenvalue weighted by atomic mass is 35.5. The molecule has 128 valence electrons. The Labute approximate surface area is 157 Å². The molecule has 5 nitrogen and oxygen atoms in total. The molecule has 0 atom stereocenters. The van der Waals surface area contributed by atoms with E-state index in [1.165, 1.54) is 11.3 Å². The first-order chi connectivity index (χ1) is 12.7. The third-order valence-electron chi connectivity index (χ3n) is 4.41. The summed E-state index contributed by atoms with van der Waals surface area (Å²) in [6.45, 7) is 0. The summed E-state index contributed by atoms with van der Waals surface area (Å²) in [5.74, 6) is 1.04. The standard InChI is InChI=1S/C19H13ClN4OS/c20-13-8-9-14-15(10-13)21-16(11-4-2-1-3-5-11)24(18(14)25)19-23-22-17(26-19)12-6-7-12/h1-5,8-10,12H,6-7H2. The predicted octanol–water partition coefficient (Wildman–Crippen LogP) is 4.44. The van der Waals surface area contributed by atoms with E-state index in [-0.39, 0.29) is 5.56 Å². The minimum Gasteiger partial charge on any atom is -0.268 e. The second-order valence-corrected chi connectivity index (χ2v) is 7.72. The molecule has 1 saturated carbocycles. The fourth-order valence-corrected chi connectivity index (χ4v) is 4.11. The molecule has 0 aliphatic heterocycles. The minimum atomic E-state index is -0.163. The van der Waals surface area contributed by atoms with Crippen molar-refractivity contribution in [1.29, 1.82) is 0 Å². The van der Waals surface area contributed by atoms with Crippen LogP contribution < -0.4 is 5.56 Å². The van der Waals surface area contributed by atoms with E-state index in [2.05, 4.69) is 10.2 Å². The monoisotopic (exact) mass is 380 g/mol. The van der Waals surface area contributed by atoms with Crippen LogP contribution in [0.1, 0.15) is 23.8 Å². The van der Waals surface area contributed by atoms with Crippen molar-refractivity contribution in [1.82, 2.24) is 19.7 Å². The number of aromatic nitrogens is 4. The molecule has 26 heavy (non-hydrogen) atoms. The summed E-state index contributed by atoms with van der Waals surface area (Å²) in [4.78, 5) is 18.0. The number of benzene rings is 2. The largest absolute Gasteiger partial charge is 0.268 e. The lowest BCUT2D eigenvalue weighted by molar-refractivity contribution is 0.899. The first kappa shape index (κ1) is 15.7. The van der Waals surface area contributed by atoms with E-state index < -0.39 is 0 Å². The number of fused-ring (bicyclic) bond motifs is 1. The van der Waals surface area contributed by atoms with E-state index in [4.69, 9.17) is 16.6 Å². The molecular formula is C19H13ClN4OS. The zero-order chi connectivity index (χ0) is 17.7. The van der Waals surface area contributed by atoms with E-state index in [1.807, 2.05) is 30.3 Å². The Kier molecular flexibility index (Phi) is 3.62. The van der Waals surface area contributed by atoms with Gasteiger partial charge in [0, 0.05) is 16.5 Å². The van der Waals surface area contributed by atoms with Crippen molar-refractivity contribution in [3.8, 4) is 16.5 Å². The molecule has 1 aliphatic carbocycles. The van der Waals surface area contributed by atoms with E-state index in [9.17, 15) is 4.79 Å². The smallest absolute Gasteiger partial charge is 0.268 e. The average Bonchev–Trinajstić information content (AvgIpc) is 3.40. The van der Waals surface area contributed by atoms with Gasteiger partial charge in [0.25, 0.3) is 5.56 Å². The zero-order valence-corrected chi connectivity index (χ0v) is 15.2. The number of halogens is 1. The quantitative estimate of drug-likeness (QED) is 0.527. The molecule has 2 aromatic heterocycles. The van der Waals surface area contributed by atoms with Crippen LogP contribution in [0.2, 0.25) is 5.02 Å². The maximum atomic E-state index is 13.2. The maximum Gasteiger partial charge on any atom is 0.268 e. The third-order valence-corrected chi connectivity index (χ3v) is 5.72. The van der Waals surface area contributed by atoms with Gasteiger partial charge in [-0.25, -0.2) is 9.55 Å². The van der Waals surface area contributed by atoms with Crippen LogP contribution in [-0.2, 0) is 0 Å². The molecule has 0 saturated heterocycles. The van der Waals surface area contributed by atoms with Crippen LogP contribution >= 0.6 is 22.9 Å². The van der Waals surface area contributed by atoms with Crippen molar-refractivity contribution < 1.29 is 0 Å². The van der Waals surface area contributed by atoms with Gasteiger partial charge in [-0.3, -0.25) is 4.79 Å². The Morgan fingerprint density at radius 1 is 1.08 bits per heavy atom. The molecule has 7 heteroatoms. The van der Waals surface area contributed by atoms with E-state index in [0.29, 0.717) is 32.8 Å². The Morgan fingerprint density at radius 2 is 1.88 bits per heavy atom. The second-order valence-electron chi connectivity index (χ2n) is 6.30. The Bertz CT molecular complexity index is 1180. The third kappa shape index (κ3) is 2.62. The normalized spacial score (nSPS) is 14.0. The van der Waals surface area contributed by atoms with Crippen LogP contribution in [0.5, 0.6) is 0 Å². The van der Waals surface area contributed by atoms with Gasteiger partial charge in [0.15, 0.2) is 0 Å². The van der Waals surface area contributed by atoms with Crippen molar-refractivity contribution in [2.75, 3.05) is 0 Å². The topological polar surface area (TPSA) is 60.7 Å². The first-order valence-electron chi connectivity index (χ1n) is 8.32. The van der Waals surface area contributed by atoms with Gasteiger partial charge in [0.05, 0.1) is 10.9 Å². The van der Waals surface area contributed by atoms with Gasteiger partial charge in [-0.2, -0.15) is 0 Å². The lowest BCUT2D eigenvalue weighted by Gasteiger charge is -2.11. The molecule has 5 rings (SSSR count). The van der Waals surface area contributed by atoms with Gasteiger partial charge < -0.3 is 0 Å². The Balaban J connectivity index is 1.82. The molecule has 1 aliphatic rings. The zero-order valence-electron chi connectivity index (χ0n) is 13.6. The summed E-state index contributed by atoms with van der Waals surface area (Å²) in [6, 6.07) is 14.8. The van der Waals surface area contributed by atoms with Crippen LogP contribution in [0.15, 0.2) is 53.3 Å². The van der Waals surface area contributed by atoms with Crippen molar-refractivity contribution in [2.45, 2.75) is 18.8 Å². The molecular weight excluding hydrogens is 368 g/mol. The van der Waals surface area contributed by atoms with Crippen LogP contribution in [0.3, 0.4) is 0 Å². The summed E-state index contributed by atoms with van der Waals surface area (Å²) in [7, 11) is 0. The molecule has 0 radical (unpaired) electrons. The Hall–Kier alpha value is -2.57. The highest BCUT2D eigenvalue weighted by molar-refractivity contribution is 7.13. The molecule has 0 unspecified atom stereocenters. The summed E-state index contributed by atoms with van der Waals surface area (Å²) < 4.78 is 1.56. The first-order valence-corrected chi connectivity index (χ1v) is 9.51. The van der Waals surface area contributed by atoms with Crippen LogP contribution in [0.4, 0.5) is 0 Å². The summed E-state index contributed by atoms with van der Waals surface area (Å²) in [5.41, 5.74) is 1.25. The number of hydrogen-bond acceptors (Lipinski definition) is 5. The van der Waals surface area contributed by atoms with Crippen molar-refractivity contribution in [3.63, 3.8) is 0 Å². The molecule has 1 fully saturated rings. The highest BCUT2D eigenvalue weighted by Crippen LogP contribution is 2.41. The second kappa shape index (κ2) is 6.00. The maximum absolute atomic E-state index is 13.2. The predicted molar refractivity (Wildman–Crippen MR) is 103 cm³/mol. The van der Waals surface area contributed by atoms with E-state index in [0.717, 1.165) is 23.4 Å². The van der Waals surface area contributed by atoms with Crippen molar-refractivity contribution in [3.05, 3.63) is 68.9 Å². The van der Waals surface area contributed by atoms with Crippen molar-refractivity contribution in [2.24, 2.45) is 0 Å². The molecule has 2 heterocycles. The average molecular weight is 381 g/mol.